The minimum atomic E-state index is 0.432. The molecule has 2 heteroatoms. The third kappa shape index (κ3) is 19.9. The van der Waals surface area contributed by atoms with Gasteiger partial charge in [0, 0.05) is 6.61 Å². The SMILES string of the molecule is CCCCCCCCCCCC.CCCCOCC1CO1. The summed E-state index contributed by atoms with van der Waals surface area (Å²) >= 11 is 0. The summed E-state index contributed by atoms with van der Waals surface area (Å²) in [7, 11) is 0. The Balaban J connectivity index is 0.000000394. The molecule has 1 rings (SSSR count). The highest BCUT2D eigenvalue weighted by Crippen LogP contribution is 2.10. The van der Waals surface area contributed by atoms with E-state index in [0.29, 0.717) is 6.10 Å². The van der Waals surface area contributed by atoms with Crippen molar-refractivity contribution in [3.63, 3.8) is 0 Å². The normalized spacial score (nSPS) is 16.4. The second-order valence-corrected chi connectivity index (χ2v) is 6.21. The van der Waals surface area contributed by atoms with Gasteiger partial charge in [0.25, 0.3) is 0 Å². The van der Waals surface area contributed by atoms with Crippen molar-refractivity contribution in [3.8, 4) is 0 Å². The van der Waals surface area contributed by atoms with Gasteiger partial charge in [-0.15, -0.1) is 0 Å². The van der Waals surface area contributed by atoms with Gasteiger partial charge in [0.2, 0.25) is 0 Å². The number of ether oxygens (including phenoxy) is 2. The fraction of sp³-hybridized carbons (Fsp3) is 1.00. The first-order chi connectivity index (χ1) is 10.3. The van der Waals surface area contributed by atoms with Crippen LogP contribution in [-0.4, -0.2) is 25.9 Å². The van der Waals surface area contributed by atoms with Gasteiger partial charge in [0.05, 0.1) is 13.2 Å². The summed E-state index contributed by atoms with van der Waals surface area (Å²) in [5, 5.41) is 0. The van der Waals surface area contributed by atoms with Gasteiger partial charge in [-0.25, -0.2) is 0 Å². The van der Waals surface area contributed by atoms with Crippen molar-refractivity contribution < 1.29 is 9.47 Å². The molecule has 0 radical (unpaired) electrons. The summed E-state index contributed by atoms with van der Waals surface area (Å²) < 4.78 is 10.2. The predicted molar refractivity (Wildman–Crippen MR) is 93.0 cm³/mol. The molecular formula is C19H40O2. The quantitative estimate of drug-likeness (QED) is 0.284. The van der Waals surface area contributed by atoms with E-state index in [9.17, 15) is 0 Å². The smallest absolute Gasteiger partial charge is 0.104 e. The van der Waals surface area contributed by atoms with E-state index < -0.39 is 0 Å². The molecule has 1 unspecified atom stereocenters. The lowest BCUT2D eigenvalue weighted by Gasteiger charge is -1.99. The lowest BCUT2D eigenvalue weighted by Crippen LogP contribution is -2.01. The average molecular weight is 301 g/mol. The summed E-state index contributed by atoms with van der Waals surface area (Å²) in [5.41, 5.74) is 0. The van der Waals surface area contributed by atoms with E-state index in [1.165, 1.54) is 77.0 Å². The summed E-state index contributed by atoms with van der Waals surface area (Å²) in [6.45, 7) is 9.34. The van der Waals surface area contributed by atoms with E-state index in [4.69, 9.17) is 9.47 Å². The topological polar surface area (TPSA) is 21.8 Å². The van der Waals surface area contributed by atoms with Crippen LogP contribution in [0.5, 0.6) is 0 Å². The summed E-state index contributed by atoms with van der Waals surface area (Å²) in [6.07, 6.45) is 17.3. The van der Waals surface area contributed by atoms with Crippen LogP contribution in [0.1, 0.15) is 97.8 Å². The summed E-state index contributed by atoms with van der Waals surface area (Å²) in [5.74, 6) is 0. The molecule has 0 N–H and O–H groups in total. The standard InChI is InChI=1S/C12H26.C7H14O2/c1-3-5-7-9-11-12-10-8-6-4-2;1-2-3-4-8-5-7-6-9-7/h3-12H2,1-2H3;7H,2-6H2,1H3. The first kappa shape index (κ1) is 20.9. The Morgan fingerprint density at radius 2 is 1.14 bits per heavy atom. The van der Waals surface area contributed by atoms with Gasteiger partial charge in [-0.3, -0.25) is 0 Å². The Morgan fingerprint density at radius 3 is 1.52 bits per heavy atom. The van der Waals surface area contributed by atoms with Gasteiger partial charge < -0.3 is 9.47 Å². The molecule has 1 heterocycles. The zero-order valence-corrected chi connectivity index (χ0v) is 15.0. The number of unbranched alkanes of at least 4 members (excludes halogenated alkanes) is 10. The monoisotopic (exact) mass is 300 g/mol. The highest BCUT2D eigenvalue weighted by Gasteiger charge is 2.21. The van der Waals surface area contributed by atoms with E-state index in [0.717, 1.165) is 19.8 Å². The molecule has 0 aromatic rings. The number of rotatable bonds is 14. The molecule has 2 nitrogen and oxygen atoms in total. The van der Waals surface area contributed by atoms with Gasteiger partial charge >= 0.3 is 0 Å². The Kier molecular flexibility index (Phi) is 17.9. The molecule has 1 aliphatic heterocycles. The number of epoxide rings is 1. The fourth-order valence-electron chi connectivity index (χ4n) is 2.19. The molecule has 0 aromatic carbocycles. The molecule has 0 bridgehead atoms. The molecule has 128 valence electrons. The van der Waals surface area contributed by atoms with Crippen molar-refractivity contribution in [2.75, 3.05) is 19.8 Å². The molecule has 21 heavy (non-hydrogen) atoms. The molecule has 0 spiro atoms. The minimum Gasteiger partial charge on any atom is -0.379 e. The first-order valence-corrected chi connectivity index (χ1v) is 9.54. The van der Waals surface area contributed by atoms with Crippen LogP contribution < -0.4 is 0 Å². The molecule has 1 saturated heterocycles. The van der Waals surface area contributed by atoms with Crippen molar-refractivity contribution in [3.05, 3.63) is 0 Å². The molecule has 1 fully saturated rings. The highest BCUT2D eigenvalue weighted by molar-refractivity contribution is 4.66. The maximum Gasteiger partial charge on any atom is 0.104 e. The maximum atomic E-state index is 5.27. The molecule has 0 amide bonds. The van der Waals surface area contributed by atoms with E-state index in [-0.39, 0.29) is 0 Å². The lowest BCUT2D eigenvalue weighted by molar-refractivity contribution is 0.114. The predicted octanol–water partition coefficient (Wildman–Crippen LogP) is 6.13. The Labute approximate surface area is 134 Å². The van der Waals surface area contributed by atoms with Gasteiger partial charge in [-0.1, -0.05) is 91.4 Å². The Hall–Kier alpha value is -0.0800. The third-order valence-corrected chi connectivity index (χ3v) is 3.81. The average Bonchev–Trinajstić information content (AvgIpc) is 3.32. The summed E-state index contributed by atoms with van der Waals surface area (Å²) in [6, 6.07) is 0. The van der Waals surface area contributed by atoms with Crippen LogP contribution in [0.3, 0.4) is 0 Å². The van der Waals surface area contributed by atoms with Gasteiger partial charge in [-0.05, 0) is 6.42 Å². The van der Waals surface area contributed by atoms with Crippen molar-refractivity contribution >= 4 is 0 Å². The summed E-state index contributed by atoms with van der Waals surface area (Å²) in [4.78, 5) is 0. The second-order valence-electron chi connectivity index (χ2n) is 6.21. The maximum absolute atomic E-state index is 5.27. The van der Waals surface area contributed by atoms with Crippen LogP contribution in [0.25, 0.3) is 0 Å². The highest BCUT2D eigenvalue weighted by atomic mass is 16.6. The van der Waals surface area contributed by atoms with Crippen molar-refractivity contribution in [1.82, 2.24) is 0 Å². The van der Waals surface area contributed by atoms with Crippen molar-refractivity contribution in [2.45, 2.75) is 104 Å². The van der Waals surface area contributed by atoms with Crippen LogP contribution in [0.4, 0.5) is 0 Å². The molecule has 0 aliphatic carbocycles. The van der Waals surface area contributed by atoms with Crippen LogP contribution in [0, 0.1) is 0 Å². The van der Waals surface area contributed by atoms with E-state index in [2.05, 4.69) is 20.8 Å². The van der Waals surface area contributed by atoms with Crippen LogP contribution in [0.2, 0.25) is 0 Å². The van der Waals surface area contributed by atoms with Crippen LogP contribution in [0.15, 0.2) is 0 Å². The van der Waals surface area contributed by atoms with E-state index in [1.807, 2.05) is 0 Å². The van der Waals surface area contributed by atoms with Gasteiger partial charge in [-0.2, -0.15) is 0 Å². The lowest BCUT2D eigenvalue weighted by atomic mass is 10.1. The number of hydrogen-bond acceptors (Lipinski definition) is 2. The van der Waals surface area contributed by atoms with Gasteiger partial charge in [0.1, 0.15) is 6.10 Å². The van der Waals surface area contributed by atoms with E-state index >= 15 is 0 Å². The van der Waals surface area contributed by atoms with Crippen LogP contribution in [-0.2, 0) is 9.47 Å². The molecule has 0 saturated carbocycles. The second kappa shape index (κ2) is 18.0. The first-order valence-electron chi connectivity index (χ1n) is 9.54. The fourth-order valence-corrected chi connectivity index (χ4v) is 2.19. The van der Waals surface area contributed by atoms with Crippen LogP contribution >= 0.6 is 0 Å². The molecule has 1 aliphatic rings. The van der Waals surface area contributed by atoms with E-state index in [1.54, 1.807) is 0 Å². The van der Waals surface area contributed by atoms with Crippen molar-refractivity contribution in [2.24, 2.45) is 0 Å². The van der Waals surface area contributed by atoms with Crippen molar-refractivity contribution in [1.29, 1.82) is 0 Å². The largest absolute Gasteiger partial charge is 0.379 e. The molecular weight excluding hydrogens is 260 g/mol. The zero-order chi connectivity index (χ0) is 15.6. The minimum absolute atomic E-state index is 0.432. The zero-order valence-electron chi connectivity index (χ0n) is 15.0. The molecule has 0 aromatic heterocycles. The number of hydrogen-bond donors (Lipinski definition) is 0. The Bertz CT molecular complexity index is 168. The Morgan fingerprint density at radius 1 is 0.714 bits per heavy atom. The molecule has 1 atom stereocenters. The van der Waals surface area contributed by atoms with Gasteiger partial charge in [0.15, 0.2) is 0 Å². The third-order valence-electron chi connectivity index (χ3n) is 3.81.